The van der Waals surface area contributed by atoms with Crippen LogP contribution in [0.25, 0.3) is 0 Å². The quantitative estimate of drug-likeness (QED) is 0.567. The van der Waals surface area contributed by atoms with E-state index in [0.717, 1.165) is 0 Å². The van der Waals surface area contributed by atoms with E-state index in [9.17, 15) is 4.79 Å². The minimum atomic E-state index is -0.335. The first-order valence-corrected chi connectivity index (χ1v) is 3.85. The molecule has 0 aromatic heterocycles. The van der Waals surface area contributed by atoms with E-state index in [1.165, 1.54) is 0 Å². The molecule has 3 atom stereocenters. The van der Waals surface area contributed by atoms with Gasteiger partial charge in [-0.3, -0.25) is 4.79 Å². The SMILES string of the molecule is CO[C@@H]1OC[C@@H](C)C(=O)[C@@H]1C. The predicted molar refractivity (Wildman–Crippen MR) is 40.1 cm³/mol. The number of rotatable bonds is 1. The summed E-state index contributed by atoms with van der Waals surface area (Å²) in [5.74, 6) is 0.142. The van der Waals surface area contributed by atoms with E-state index < -0.39 is 0 Å². The van der Waals surface area contributed by atoms with Gasteiger partial charge >= 0.3 is 0 Å². The van der Waals surface area contributed by atoms with E-state index in [0.29, 0.717) is 6.61 Å². The van der Waals surface area contributed by atoms with Gasteiger partial charge in [0.1, 0.15) is 5.78 Å². The highest BCUT2D eigenvalue weighted by molar-refractivity contribution is 5.83. The van der Waals surface area contributed by atoms with E-state index in [4.69, 9.17) is 9.47 Å². The number of Topliss-reactive ketones (excluding diaryl/α,β-unsaturated/α-hetero) is 1. The molecule has 1 aliphatic heterocycles. The molecule has 1 aliphatic rings. The highest BCUT2D eigenvalue weighted by Crippen LogP contribution is 2.21. The molecule has 0 aromatic carbocycles. The molecule has 0 N–H and O–H groups in total. The molecule has 0 unspecified atom stereocenters. The fourth-order valence-corrected chi connectivity index (χ4v) is 1.32. The average Bonchev–Trinajstić information content (AvgIpc) is 2.01. The number of hydrogen-bond acceptors (Lipinski definition) is 3. The molecular formula is C8H14O3. The molecule has 0 radical (unpaired) electrons. The zero-order valence-corrected chi connectivity index (χ0v) is 7.16. The molecular weight excluding hydrogens is 144 g/mol. The molecule has 0 aliphatic carbocycles. The van der Waals surface area contributed by atoms with Crippen molar-refractivity contribution in [3.63, 3.8) is 0 Å². The van der Waals surface area contributed by atoms with Crippen molar-refractivity contribution in [2.45, 2.75) is 20.1 Å². The molecule has 64 valence electrons. The van der Waals surface area contributed by atoms with Crippen LogP contribution in [0.1, 0.15) is 13.8 Å². The first kappa shape index (κ1) is 8.68. The Kier molecular flexibility index (Phi) is 2.62. The van der Waals surface area contributed by atoms with Gasteiger partial charge in [0.15, 0.2) is 6.29 Å². The topological polar surface area (TPSA) is 35.5 Å². The van der Waals surface area contributed by atoms with Gasteiger partial charge in [-0.25, -0.2) is 0 Å². The summed E-state index contributed by atoms with van der Waals surface area (Å²) in [6, 6.07) is 0. The molecule has 0 aromatic rings. The van der Waals surface area contributed by atoms with Crippen LogP contribution in [-0.4, -0.2) is 25.8 Å². The standard InChI is InChI=1S/C8H14O3/c1-5-4-11-8(10-3)6(2)7(5)9/h5-6,8H,4H2,1-3H3/t5-,6+,8-/m1/s1. The van der Waals surface area contributed by atoms with E-state index in [1.807, 2.05) is 13.8 Å². The second-order valence-corrected chi connectivity index (χ2v) is 3.03. The minimum absolute atomic E-state index is 0.0244. The van der Waals surface area contributed by atoms with Crippen molar-refractivity contribution in [3.05, 3.63) is 0 Å². The lowest BCUT2D eigenvalue weighted by Crippen LogP contribution is -2.41. The monoisotopic (exact) mass is 158 g/mol. The molecule has 0 saturated carbocycles. The highest BCUT2D eigenvalue weighted by Gasteiger charge is 2.33. The number of ketones is 1. The van der Waals surface area contributed by atoms with Gasteiger partial charge in [0.05, 0.1) is 12.5 Å². The van der Waals surface area contributed by atoms with Crippen molar-refractivity contribution in [2.24, 2.45) is 11.8 Å². The molecule has 11 heavy (non-hydrogen) atoms. The van der Waals surface area contributed by atoms with E-state index >= 15 is 0 Å². The van der Waals surface area contributed by atoms with Crippen LogP contribution in [0.5, 0.6) is 0 Å². The zero-order chi connectivity index (χ0) is 8.43. The third-order valence-electron chi connectivity index (χ3n) is 2.09. The Balaban J connectivity index is 2.59. The maximum Gasteiger partial charge on any atom is 0.166 e. The smallest absolute Gasteiger partial charge is 0.166 e. The number of ether oxygens (including phenoxy) is 2. The summed E-state index contributed by atoms with van der Waals surface area (Å²) in [4.78, 5) is 11.3. The molecule has 0 spiro atoms. The first-order chi connectivity index (χ1) is 5.16. The lowest BCUT2D eigenvalue weighted by Gasteiger charge is -2.30. The second kappa shape index (κ2) is 3.32. The first-order valence-electron chi connectivity index (χ1n) is 3.85. The Morgan fingerprint density at radius 1 is 1.55 bits per heavy atom. The fourth-order valence-electron chi connectivity index (χ4n) is 1.32. The van der Waals surface area contributed by atoms with Gasteiger partial charge in [0, 0.05) is 13.0 Å². The van der Waals surface area contributed by atoms with Gasteiger partial charge in [-0.1, -0.05) is 13.8 Å². The average molecular weight is 158 g/mol. The van der Waals surface area contributed by atoms with E-state index in [2.05, 4.69) is 0 Å². The van der Waals surface area contributed by atoms with Crippen LogP contribution in [0.2, 0.25) is 0 Å². The predicted octanol–water partition coefficient (Wildman–Crippen LogP) is 0.830. The minimum Gasteiger partial charge on any atom is -0.355 e. The summed E-state index contributed by atoms with van der Waals surface area (Å²) in [7, 11) is 1.56. The van der Waals surface area contributed by atoms with Gasteiger partial charge < -0.3 is 9.47 Å². The van der Waals surface area contributed by atoms with Gasteiger partial charge in [0.25, 0.3) is 0 Å². The second-order valence-electron chi connectivity index (χ2n) is 3.03. The summed E-state index contributed by atoms with van der Waals surface area (Å²) >= 11 is 0. The number of hydrogen-bond donors (Lipinski definition) is 0. The van der Waals surface area contributed by atoms with Crippen molar-refractivity contribution in [2.75, 3.05) is 13.7 Å². The maximum atomic E-state index is 11.3. The van der Waals surface area contributed by atoms with Crippen LogP contribution in [-0.2, 0) is 14.3 Å². The Morgan fingerprint density at radius 3 is 2.73 bits per heavy atom. The summed E-state index contributed by atoms with van der Waals surface area (Å²) < 4.78 is 10.3. The number of carbonyl (C=O) groups excluding carboxylic acids is 1. The molecule has 3 heteroatoms. The third kappa shape index (κ3) is 1.60. The van der Waals surface area contributed by atoms with E-state index in [-0.39, 0.29) is 23.9 Å². The summed E-state index contributed by atoms with van der Waals surface area (Å²) in [6.07, 6.45) is -0.335. The highest BCUT2D eigenvalue weighted by atomic mass is 16.7. The zero-order valence-electron chi connectivity index (χ0n) is 7.16. The van der Waals surface area contributed by atoms with Crippen molar-refractivity contribution < 1.29 is 14.3 Å². The molecule has 0 bridgehead atoms. The lowest BCUT2D eigenvalue weighted by atomic mass is 9.93. The Hall–Kier alpha value is -0.410. The van der Waals surface area contributed by atoms with Gasteiger partial charge in [0.2, 0.25) is 0 Å². The normalized spacial score (nSPS) is 39.2. The Bertz CT molecular complexity index is 155. The number of methoxy groups -OCH3 is 1. The molecule has 3 nitrogen and oxygen atoms in total. The van der Waals surface area contributed by atoms with Crippen molar-refractivity contribution in [1.29, 1.82) is 0 Å². The lowest BCUT2D eigenvalue weighted by molar-refractivity contribution is -0.189. The Morgan fingerprint density at radius 2 is 2.18 bits per heavy atom. The van der Waals surface area contributed by atoms with Crippen LogP contribution < -0.4 is 0 Å². The van der Waals surface area contributed by atoms with Crippen molar-refractivity contribution in [3.8, 4) is 0 Å². The maximum absolute atomic E-state index is 11.3. The van der Waals surface area contributed by atoms with E-state index in [1.54, 1.807) is 7.11 Å². The molecule has 1 fully saturated rings. The molecule has 1 rings (SSSR count). The van der Waals surface area contributed by atoms with Gasteiger partial charge in [-0.05, 0) is 0 Å². The number of carbonyl (C=O) groups is 1. The molecule has 1 saturated heterocycles. The largest absolute Gasteiger partial charge is 0.355 e. The summed E-state index contributed by atoms with van der Waals surface area (Å²) in [6.45, 7) is 4.21. The van der Waals surface area contributed by atoms with Gasteiger partial charge in [-0.15, -0.1) is 0 Å². The fraction of sp³-hybridized carbons (Fsp3) is 0.875. The van der Waals surface area contributed by atoms with Crippen LogP contribution in [0.3, 0.4) is 0 Å². The van der Waals surface area contributed by atoms with Gasteiger partial charge in [-0.2, -0.15) is 0 Å². The summed E-state index contributed by atoms with van der Waals surface area (Å²) in [5, 5.41) is 0. The van der Waals surface area contributed by atoms with Crippen molar-refractivity contribution >= 4 is 5.78 Å². The Labute approximate surface area is 66.7 Å². The van der Waals surface area contributed by atoms with Crippen LogP contribution in [0.15, 0.2) is 0 Å². The molecule has 1 heterocycles. The van der Waals surface area contributed by atoms with Crippen LogP contribution >= 0.6 is 0 Å². The van der Waals surface area contributed by atoms with Crippen LogP contribution in [0, 0.1) is 11.8 Å². The van der Waals surface area contributed by atoms with Crippen LogP contribution in [0.4, 0.5) is 0 Å². The van der Waals surface area contributed by atoms with Crippen molar-refractivity contribution in [1.82, 2.24) is 0 Å². The third-order valence-corrected chi connectivity index (χ3v) is 2.09. The molecule has 0 amide bonds. The summed E-state index contributed by atoms with van der Waals surface area (Å²) in [5.41, 5.74) is 0.